The number of aromatic nitrogens is 2. The Labute approximate surface area is 112 Å². The molecule has 0 aliphatic heterocycles. The van der Waals surface area contributed by atoms with Crippen LogP contribution in [-0.4, -0.2) is 16.5 Å². The molecule has 1 aromatic carbocycles. The van der Waals surface area contributed by atoms with E-state index in [9.17, 15) is 0 Å². The number of nitriles is 1. The maximum Gasteiger partial charge on any atom is 0.224 e. The third-order valence-corrected chi connectivity index (χ3v) is 2.55. The lowest BCUT2D eigenvalue weighted by Crippen LogP contribution is -2.06. The molecule has 19 heavy (non-hydrogen) atoms. The van der Waals surface area contributed by atoms with Gasteiger partial charge in [-0.3, -0.25) is 0 Å². The molecular weight excluding hydrogens is 238 g/mol. The summed E-state index contributed by atoms with van der Waals surface area (Å²) < 4.78 is 0. The molecule has 0 atom stereocenters. The van der Waals surface area contributed by atoms with Crippen molar-refractivity contribution in [3.8, 4) is 6.07 Å². The fourth-order valence-corrected chi connectivity index (χ4v) is 1.59. The van der Waals surface area contributed by atoms with Crippen LogP contribution in [0.5, 0.6) is 0 Å². The molecule has 2 N–H and O–H groups in total. The lowest BCUT2D eigenvalue weighted by Gasteiger charge is -2.07. The second-order valence-corrected chi connectivity index (χ2v) is 3.96. The smallest absolute Gasteiger partial charge is 0.224 e. The highest BCUT2D eigenvalue weighted by molar-refractivity contribution is 5.40. The second kappa shape index (κ2) is 6.36. The van der Waals surface area contributed by atoms with Crippen LogP contribution in [-0.2, 0) is 6.54 Å². The summed E-state index contributed by atoms with van der Waals surface area (Å²) in [5.41, 5.74) is 1.77. The Hall–Kier alpha value is -2.61. The molecule has 0 aliphatic rings. The van der Waals surface area contributed by atoms with Crippen LogP contribution in [0.1, 0.15) is 18.1 Å². The first-order valence-electron chi connectivity index (χ1n) is 6.11. The maximum atomic E-state index is 8.73. The molecule has 2 aromatic rings. The maximum absolute atomic E-state index is 8.73. The van der Waals surface area contributed by atoms with Crippen LogP contribution in [0.3, 0.4) is 0 Å². The molecule has 0 saturated carbocycles. The van der Waals surface area contributed by atoms with Gasteiger partial charge in [-0.25, -0.2) is 4.98 Å². The Kier molecular flexibility index (Phi) is 4.29. The van der Waals surface area contributed by atoms with Crippen LogP contribution in [0.2, 0.25) is 0 Å². The summed E-state index contributed by atoms with van der Waals surface area (Å²) in [6.07, 6.45) is 1.71. The van der Waals surface area contributed by atoms with Crippen molar-refractivity contribution in [2.75, 3.05) is 17.2 Å². The molecule has 0 amide bonds. The summed E-state index contributed by atoms with van der Waals surface area (Å²) in [5, 5.41) is 15.0. The summed E-state index contributed by atoms with van der Waals surface area (Å²) in [5.74, 6) is 1.39. The highest BCUT2D eigenvalue weighted by atomic mass is 15.1. The summed E-state index contributed by atoms with van der Waals surface area (Å²) in [7, 11) is 0. The fourth-order valence-electron chi connectivity index (χ4n) is 1.59. The van der Waals surface area contributed by atoms with Crippen LogP contribution in [0.25, 0.3) is 0 Å². The number of nitrogens with zero attached hydrogens (tertiary/aromatic N) is 3. The predicted molar refractivity (Wildman–Crippen MR) is 74.7 cm³/mol. The van der Waals surface area contributed by atoms with Gasteiger partial charge in [-0.05, 0) is 30.7 Å². The van der Waals surface area contributed by atoms with Crippen molar-refractivity contribution in [2.24, 2.45) is 0 Å². The van der Waals surface area contributed by atoms with E-state index in [2.05, 4.69) is 26.7 Å². The molecule has 1 heterocycles. The third kappa shape index (κ3) is 3.68. The third-order valence-electron chi connectivity index (χ3n) is 2.55. The Morgan fingerprint density at radius 3 is 2.63 bits per heavy atom. The van der Waals surface area contributed by atoms with Gasteiger partial charge in [-0.15, -0.1) is 0 Å². The van der Waals surface area contributed by atoms with Crippen LogP contribution < -0.4 is 10.6 Å². The van der Waals surface area contributed by atoms with Gasteiger partial charge in [-0.1, -0.05) is 12.1 Å². The van der Waals surface area contributed by atoms with Crippen molar-refractivity contribution in [1.82, 2.24) is 9.97 Å². The van der Waals surface area contributed by atoms with Crippen LogP contribution in [0.4, 0.5) is 11.8 Å². The van der Waals surface area contributed by atoms with E-state index in [4.69, 9.17) is 5.26 Å². The van der Waals surface area contributed by atoms with Crippen molar-refractivity contribution >= 4 is 11.8 Å². The number of hydrogen-bond donors (Lipinski definition) is 2. The summed E-state index contributed by atoms with van der Waals surface area (Å²) in [4.78, 5) is 8.43. The Bertz CT molecular complexity index is 571. The van der Waals surface area contributed by atoms with Crippen molar-refractivity contribution in [2.45, 2.75) is 13.5 Å². The topological polar surface area (TPSA) is 73.6 Å². The van der Waals surface area contributed by atoms with Gasteiger partial charge in [0.1, 0.15) is 5.82 Å². The number of benzene rings is 1. The van der Waals surface area contributed by atoms with Crippen LogP contribution >= 0.6 is 0 Å². The molecule has 0 saturated heterocycles. The van der Waals surface area contributed by atoms with Gasteiger partial charge in [0.2, 0.25) is 5.95 Å². The predicted octanol–water partition coefficient (Wildman–Crippen LogP) is 2.39. The molecule has 1 aromatic heterocycles. The lowest BCUT2D eigenvalue weighted by molar-refractivity contribution is 1.05. The van der Waals surface area contributed by atoms with Crippen molar-refractivity contribution in [1.29, 1.82) is 5.26 Å². The van der Waals surface area contributed by atoms with Gasteiger partial charge < -0.3 is 10.6 Å². The van der Waals surface area contributed by atoms with E-state index in [1.807, 2.05) is 25.1 Å². The minimum atomic E-state index is 0.618. The van der Waals surface area contributed by atoms with Gasteiger partial charge in [0.25, 0.3) is 0 Å². The van der Waals surface area contributed by atoms with Crippen molar-refractivity contribution < 1.29 is 0 Å². The van der Waals surface area contributed by atoms with Gasteiger partial charge in [0.15, 0.2) is 0 Å². The van der Waals surface area contributed by atoms with Crippen molar-refractivity contribution in [3.63, 3.8) is 0 Å². The minimum absolute atomic E-state index is 0.618. The first-order valence-corrected chi connectivity index (χ1v) is 6.11. The number of hydrogen-bond acceptors (Lipinski definition) is 5. The Morgan fingerprint density at radius 1 is 1.16 bits per heavy atom. The minimum Gasteiger partial charge on any atom is -0.366 e. The number of nitrogens with one attached hydrogen (secondary N) is 2. The van der Waals surface area contributed by atoms with Gasteiger partial charge in [0.05, 0.1) is 11.6 Å². The zero-order chi connectivity index (χ0) is 13.5. The summed E-state index contributed by atoms with van der Waals surface area (Å²) in [6, 6.07) is 11.4. The quantitative estimate of drug-likeness (QED) is 0.855. The molecule has 5 nitrogen and oxygen atoms in total. The number of anilines is 2. The van der Waals surface area contributed by atoms with Crippen LogP contribution in [0.15, 0.2) is 36.5 Å². The average Bonchev–Trinajstić information content (AvgIpc) is 2.46. The highest BCUT2D eigenvalue weighted by Gasteiger charge is 1.98. The molecule has 2 rings (SSSR count). The number of rotatable bonds is 5. The standard InChI is InChI=1S/C14H15N5/c1-2-16-14-17-8-7-13(19-14)18-10-12-5-3-11(9-15)4-6-12/h3-8H,2,10H2,1H3,(H2,16,17,18,19). The van der Waals surface area contributed by atoms with E-state index in [1.165, 1.54) is 0 Å². The second-order valence-electron chi connectivity index (χ2n) is 3.96. The van der Waals surface area contributed by atoms with Crippen LogP contribution in [0, 0.1) is 11.3 Å². The van der Waals surface area contributed by atoms with E-state index in [0.29, 0.717) is 18.1 Å². The Morgan fingerprint density at radius 2 is 1.95 bits per heavy atom. The average molecular weight is 253 g/mol. The molecule has 0 fully saturated rings. The zero-order valence-corrected chi connectivity index (χ0v) is 10.7. The Balaban J connectivity index is 1.97. The van der Waals surface area contributed by atoms with E-state index >= 15 is 0 Å². The molecule has 96 valence electrons. The monoisotopic (exact) mass is 253 g/mol. The van der Waals surface area contributed by atoms with Gasteiger partial charge in [-0.2, -0.15) is 10.2 Å². The SMILES string of the molecule is CCNc1nccc(NCc2ccc(C#N)cc2)n1. The van der Waals surface area contributed by atoms with E-state index < -0.39 is 0 Å². The molecule has 0 unspecified atom stereocenters. The summed E-state index contributed by atoms with van der Waals surface area (Å²) >= 11 is 0. The fraction of sp³-hybridized carbons (Fsp3) is 0.214. The molecule has 5 heteroatoms. The zero-order valence-electron chi connectivity index (χ0n) is 10.7. The molecule has 0 bridgehead atoms. The van der Waals surface area contributed by atoms with Gasteiger partial charge >= 0.3 is 0 Å². The van der Waals surface area contributed by atoms with E-state index in [0.717, 1.165) is 17.9 Å². The molecular formula is C14H15N5. The first kappa shape index (κ1) is 12.8. The molecule has 0 radical (unpaired) electrons. The first-order chi connectivity index (χ1) is 9.31. The lowest BCUT2D eigenvalue weighted by atomic mass is 10.1. The van der Waals surface area contributed by atoms with E-state index in [1.54, 1.807) is 18.3 Å². The normalized spacial score (nSPS) is 9.68. The summed E-state index contributed by atoms with van der Waals surface area (Å²) in [6.45, 7) is 3.45. The van der Waals surface area contributed by atoms with E-state index in [-0.39, 0.29) is 0 Å². The van der Waals surface area contributed by atoms with Gasteiger partial charge in [0, 0.05) is 19.3 Å². The highest BCUT2D eigenvalue weighted by Crippen LogP contribution is 2.09. The molecule has 0 aliphatic carbocycles. The van der Waals surface area contributed by atoms with Crippen molar-refractivity contribution in [3.05, 3.63) is 47.7 Å². The largest absolute Gasteiger partial charge is 0.366 e. The molecule has 0 spiro atoms.